The Morgan fingerprint density at radius 1 is 1.14 bits per heavy atom. The molecule has 2 amide bonds. The zero-order valence-corrected chi connectivity index (χ0v) is 25.1. The molecule has 0 saturated carbocycles. The van der Waals surface area contributed by atoms with Crippen LogP contribution in [0.3, 0.4) is 0 Å². The van der Waals surface area contributed by atoms with E-state index in [9.17, 15) is 24.3 Å². The molecule has 2 aliphatic rings. The summed E-state index contributed by atoms with van der Waals surface area (Å²) >= 11 is 0. The number of ether oxygens (including phenoxy) is 3. The van der Waals surface area contributed by atoms with Gasteiger partial charge in [0.25, 0.3) is 5.56 Å². The highest BCUT2D eigenvalue weighted by molar-refractivity contribution is 5.90. The van der Waals surface area contributed by atoms with Crippen molar-refractivity contribution in [2.24, 2.45) is 0 Å². The van der Waals surface area contributed by atoms with Crippen molar-refractivity contribution < 1.29 is 33.7 Å². The van der Waals surface area contributed by atoms with Gasteiger partial charge >= 0.3 is 18.2 Å². The zero-order chi connectivity index (χ0) is 31.8. The number of terminal acetylenes is 1. The second-order valence-electron chi connectivity index (χ2n) is 10.8. The van der Waals surface area contributed by atoms with Gasteiger partial charge in [0.15, 0.2) is 5.60 Å². The molecule has 44 heavy (non-hydrogen) atoms. The fourth-order valence-corrected chi connectivity index (χ4v) is 5.58. The normalized spacial score (nSPS) is 16.3. The van der Waals surface area contributed by atoms with E-state index in [1.54, 1.807) is 49.9 Å². The van der Waals surface area contributed by atoms with Crippen LogP contribution in [0.2, 0.25) is 0 Å². The summed E-state index contributed by atoms with van der Waals surface area (Å²) in [7, 11) is 3.14. The van der Waals surface area contributed by atoms with Crippen LogP contribution in [0.1, 0.15) is 48.9 Å². The monoisotopic (exact) mass is 602 g/mol. The molecule has 2 aromatic heterocycles. The molecule has 1 aromatic carbocycles. The van der Waals surface area contributed by atoms with Crippen LogP contribution >= 0.6 is 0 Å². The second kappa shape index (κ2) is 12.0. The number of nitrogens with zero attached hydrogens (tertiary/aromatic N) is 4. The molecule has 12 heteroatoms. The van der Waals surface area contributed by atoms with E-state index >= 15 is 0 Å². The maximum Gasteiger partial charge on any atom is 0.415 e. The summed E-state index contributed by atoms with van der Waals surface area (Å²) in [5.41, 5.74) is 1.87. The second-order valence-corrected chi connectivity index (χ2v) is 10.8. The van der Waals surface area contributed by atoms with E-state index in [-0.39, 0.29) is 56.0 Å². The van der Waals surface area contributed by atoms with E-state index in [4.69, 9.17) is 25.6 Å². The third-order valence-electron chi connectivity index (χ3n) is 8.20. The molecule has 0 fully saturated rings. The van der Waals surface area contributed by atoms with Crippen LogP contribution < -0.4 is 10.3 Å². The average Bonchev–Trinajstić information content (AvgIpc) is 3.39. The van der Waals surface area contributed by atoms with E-state index in [2.05, 4.69) is 5.92 Å². The molecule has 0 bridgehead atoms. The fourth-order valence-electron chi connectivity index (χ4n) is 5.58. The first-order valence-corrected chi connectivity index (χ1v) is 14.4. The number of benzene rings is 1. The quantitative estimate of drug-likeness (QED) is 0.183. The number of aromatic nitrogens is 2. The van der Waals surface area contributed by atoms with Crippen molar-refractivity contribution in [2.75, 3.05) is 33.8 Å². The topological polar surface area (TPSA) is 140 Å². The maximum absolute atomic E-state index is 13.5. The number of hydrogen-bond acceptors (Lipinski definition) is 9. The first kappa shape index (κ1) is 30.6. The predicted molar refractivity (Wildman–Crippen MR) is 160 cm³/mol. The summed E-state index contributed by atoms with van der Waals surface area (Å²) in [6, 6.07) is 6.82. The number of aryl methyl sites for hydroxylation is 1. The van der Waals surface area contributed by atoms with Crippen LogP contribution in [0.5, 0.6) is 5.75 Å². The van der Waals surface area contributed by atoms with E-state index < -0.39 is 23.8 Å². The molecule has 5 rings (SSSR count). The number of esters is 1. The molecule has 230 valence electrons. The third-order valence-corrected chi connectivity index (χ3v) is 8.20. The molecule has 4 heterocycles. The Labute approximate surface area is 254 Å². The number of aliphatic hydroxyl groups is 1. The molecular weight excluding hydrogens is 568 g/mol. The molecule has 0 aliphatic carbocycles. The largest absolute Gasteiger partial charge is 0.458 e. The van der Waals surface area contributed by atoms with Crippen LogP contribution in [-0.4, -0.2) is 76.4 Å². The summed E-state index contributed by atoms with van der Waals surface area (Å²) in [5.74, 6) is 1.95. The van der Waals surface area contributed by atoms with Crippen molar-refractivity contribution in [3.63, 3.8) is 0 Å². The van der Waals surface area contributed by atoms with Crippen molar-refractivity contribution >= 4 is 29.1 Å². The number of rotatable bonds is 8. The Kier molecular flexibility index (Phi) is 8.34. The molecule has 12 nitrogen and oxygen atoms in total. The molecule has 1 atom stereocenters. The summed E-state index contributed by atoms with van der Waals surface area (Å²) in [6.07, 6.45) is 5.04. The predicted octanol–water partition coefficient (Wildman–Crippen LogP) is 3.16. The van der Waals surface area contributed by atoms with Gasteiger partial charge in [0.2, 0.25) is 0 Å². The number of carbonyl (C=O) groups is 3. The first-order chi connectivity index (χ1) is 21.0. The van der Waals surface area contributed by atoms with Crippen LogP contribution in [-0.2, 0) is 39.4 Å². The Balaban J connectivity index is 1.39. The lowest BCUT2D eigenvalue weighted by Gasteiger charge is -2.31. The number of amides is 2. The minimum Gasteiger partial charge on any atom is -0.458 e. The molecule has 0 spiro atoms. The van der Waals surface area contributed by atoms with Gasteiger partial charge in [-0.25, -0.2) is 19.4 Å². The van der Waals surface area contributed by atoms with E-state index in [0.29, 0.717) is 35.5 Å². The molecule has 0 saturated heterocycles. The molecule has 3 aromatic rings. The van der Waals surface area contributed by atoms with Gasteiger partial charge in [-0.1, -0.05) is 13.8 Å². The average molecular weight is 603 g/mol. The van der Waals surface area contributed by atoms with Gasteiger partial charge < -0.3 is 33.7 Å². The van der Waals surface area contributed by atoms with E-state index in [1.807, 2.05) is 6.92 Å². The Bertz CT molecular complexity index is 1770. The summed E-state index contributed by atoms with van der Waals surface area (Å²) in [6.45, 7) is 4.30. The van der Waals surface area contributed by atoms with Crippen molar-refractivity contribution in [3.8, 4) is 29.5 Å². The van der Waals surface area contributed by atoms with Gasteiger partial charge in [-0.05, 0) is 42.7 Å². The van der Waals surface area contributed by atoms with Crippen LogP contribution in [0.4, 0.5) is 9.59 Å². The lowest BCUT2D eigenvalue weighted by Crippen LogP contribution is -2.44. The molecular formula is C32H34N4O8. The fraction of sp³-hybridized carbons (Fsp3) is 0.406. The minimum atomic E-state index is -1.90. The standard InChI is InChI=1S/C32H34N4O8/c1-6-9-14-42-30(39)34(4)12-13-35(5)31(40)44-19-10-11-25-21(15-19)20(7-2)22-17-36-26(27(22)33-25)16-24-23(28(36)37)18-43-29(38)32(24,41)8-3/h1,10-11,15-16,41H,7-9,12-14,17-18H2,2-5H3. The molecule has 1 unspecified atom stereocenters. The molecule has 2 aliphatic heterocycles. The summed E-state index contributed by atoms with van der Waals surface area (Å²) in [4.78, 5) is 58.4. The van der Waals surface area contributed by atoms with E-state index in [0.717, 1.165) is 16.5 Å². The number of pyridine rings is 2. The van der Waals surface area contributed by atoms with Gasteiger partial charge in [0.05, 0.1) is 29.0 Å². The van der Waals surface area contributed by atoms with Gasteiger partial charge in [-0.3, -0.25) is 4.79 Å². The zero-order valence-electron chi connectivity index (χ0n) is 25.1. The number of hydrogen-bond donors (Lipinski definition) is 1. The van der Waals surface area contributed by atoms with Crippen molar-refractivity contribution in [3.05, 3.63) is 56.9 Å². The summed E-state index contributed by atoms with van der Waals surface area (Å²) < 4.78 is 17.5. The molecule has 0 radical (unpaired) electrons. The van der Waals surface area contributed by atoms with Crippen LogP contribution in [0.15, 0.2) is 29.1 Å². The van der Waals surface area contributed by atoms with Gasteiger partial charge in [0.1, 0.15) is 19.0 Å². The highest BCUT2D eigenvalue weighted by Crippen LogP contribution is 2.40. The first-order valence-electron chi connectivity index (χ1n) is 14.4. The van der Waals surface area contributed by atoms with Gasteiger partial charge in [0, 0.05) is 50.1 Å². The lowest BCUT2D eigenvalue weighted by atomic mass is 9.86. The lowest BCUT2D eigenvalue weighted by molar-refractivity contribution is -0.172. The van der Waals surface area contributed by atoms with Crippen LogP contribution in [0.25, 0.3) is 22.3 Å². The SMILES string of the molecule is C#CCCOC(=O)N(C)CCN(C)C(=O)Oc1ccc2nc3c(c(CC)c2c1)Cn1c-3cc2c(c1=O)COC(=O)C2(O)CC. The van der Waals surface area contributed by atoms with Crippen molar-refractivity contribution in [1.82, 2.24) is 19.4 Å². The van der Waals surface area contributed by atoms with Crippen molar-refractivity contribution in [2.45, 2.75) is 51.9 Å². The highest BCUT2D eigenvalue weighted by Gasteiger charge is 2.45. The van der Waals surface area contributed by atoms with Gasteiger partial charge in [-0.2, -0.15) is 0 Å². The van der Waals surface area contributed by atoms with E-state index in [1.165, 1.54) is 9.80 Å². The Hall–Kier alpha value is -4.89. The smallest absolute Gasteiger partial charge is 0.415 e. The van der Waals surface area contributed by atoms with Gasteiger partial charge in [-0.15, -0.1) is 12.3 Å². The Morgan fingerprint density at radius 3 is 2.55 bits per heavy atom. The number of carbonyl (C=O) groups excluding carboxylic acids is 3. The molecule has 1 N–H and O–H groups in total. The third kappa shape index (κ3) is 5.24. The maximum atomic E-state index is 13.5. The van der Waals surface area contributed by atoms with Crippen LogP contribution in [0, 0.1) is 12.3 Å². The van der Waals surface area contributed by atoms with Crippen molar-refractivity contribution in [1.29, 1.82) is 0 Å². The highest BCUT2D eigenvalue weighted by atomic mass is 16.6. The number of cyclic esters (lactones) is 1. The number of fused-ring (bicyclic) bond motifs is 5. The summed E-state index contributed by atoms with van der Waals surface area (Å²) in [5, 5.41) is 11.9. The Morgan fingerprint density at radius 2 is 1.86 bits per heavy atom. The minimum absolute atomic E-state index is 0.0625. The number of likely N-dealkylation sites (N-methyl/N-ethyl adjacent to an activating group) is 2.